The Bertz CT molecular complexity index is 206. The van der Waals surface area contributed by atoms with Crippen molar-refractivity contribution in [3.63, 3.8) is 0 Å². The third-order valence-corrected chi connectivity index (χ3v) is 2.71. The molecule has 12 heavy (non-hydrogen) atoms. The standard InChI is InChI=1S/C7H12N2O2S/c8-3-1-2-6-9-5(4-12-6)7(10)11/h5H,1-4,8H2,(H,10,11). The van der Waals surface area contributed by atoms with Crippen LogP contribution in [-0.4, -0.2) is 34.5 Å². The average Bonchev–Trinajstić information content (AvgIpc) is 2.48. The van der Waals surface area contributed by atoms with Crippen molar-refractivity contribution in [2.45, 2.75) is 18.9 Å². The van der Waals surface area contributed by atoms with E-state index in [4.69, 9.17) is 10.8 Å². The van der Waals surface area contributed by atoms with Crippen molar-refractivity contribution >= 4 is 22.8 Å². The lowest BCUT2D eigenvalue weighted by atomic mass is 10.3. The van der Waals surface area contributed by atoms with Crippen molar-refractivity contribution in [1.29, 1.82) is 0 Å². The van der Waals surface area contributed by atoms with Crippen LogP contribution in [0.5, 0.6) is 0 Å². The van der Waals surface area contributed by atoms with Gasteiger partial charge in [-0.2, -0.15) is 0 Å². The highest BCUT2D eigenvalue weighted by Gasteiger charge is 2.23. The summed E-state index contributed by atoms with van der Waals surface area (Å²) in [6.07, 6.45) is 1.71. The van der Waals surface area contributed by atoms with Crippen LogP contribution in [-0.2, 0) is 4.79 Å². The first-order valence-corrected chi connectivity index (χ1v) is 4.85. The minimum absolute atomic E-state index is 0.525. The van der Waals surface area contributed by atoms with E-state index in [-0.39, 0.29) is 0 Å². The third-order valence-electron chi connectivity index (χ3n) is 1.59. The molecule has 0 amide bonds. The molecule has 0 radical (unpaired) electrons. The Morgan fingerprint density at radius 3 is 3.08 bits per heavy atom. The first-order valence-electron chi connectivity index (χ1n) is 3.86. The number of nitrogens with zero attached hydrogens (tertiary/aromatic N) is 1. The van der Waals surface area contributed by atoms with Crippen LogP contribution < -0.4 is 5.73 Å². The van der Waals surface area contributed by atoms with Crippen LogP contribution in [0.4, 0.5) is 0 Å². The summed E-state index contributed by atoms with van der Waals surface area (Å²) >= 11 is 1.53. The smallest absolute Gasteiger partial charge is 0.329 e. The van der Waals surface area contributed by atoms with Crippen molar-refractivity contribution in [2.75, 3.05) is 12.3 Å². The van der Waals surface area contributed by atoms with Gasteiger partial charge in [0.05, 0.1) is 5.04 Å². The Kier molecular flexibility index (Phi) is 3.55. The molecule has 0 fully saturated rings. The predicted octanol–water partition coefficient (Wildman–Crippen LogP) is 0.324. The summed E-state index contributed by atoms with van der Waals surface area (Å²) < 4.78 is 0. The molecule has 0 spiro atoms. The SMILES string of the molecule is NCCCC1=NC(C(=O)O)CS1. The van der Waals surface area contributed by atoms with Crippen LogP contribution in [0.3, 0.4) is 0 Å². The number of aliphatic carboxylic acids is 1. The van der Waals surface area contributed by atoms with Crippen LogP contribution >= 0.6 is 11.8 Å². The van der Waals surface area contributed by atoms with E-state index in [9.17, 15) is 4.79 Å². The topological polar surface area (TPSA) is 75.7 Å². The van der Waals surface area contributed by atoms with Gasteiger partial charge < -0.3 is 10.8 Å². The highest BCUT2D eigenvalue weighted by molar-refractivity contribution is 8.14. The molecule has 0 saturated heterocycles. The molecule has 4 nitrogen and oxygen atoms in total. The Balaban J connectivity index is 2.37. The second-order valence-electron chi connectivity index (χ2n) is 2.58. The van der Waals surface area contributed by atoms with Gasteiger partial charge in [-0.1, -0.05) is 0 Å². The molecule has 0 aliphatic carbocycles. The van der Waals surface area contributed by atoms with Gasteiger partial charge in [0.25, 0.3) is 0 Å². The molecule has 0 aromatic heterocycles. The molecule has 0 saturated carbocycles. The molecular formula is C7H12N2O2S. The number of carboxylic acids is 1. The van der Waals surface area contributed by atoms with Gasteiger partial charge in [0.2, 0.25) is 0 Å². The van der Waals surface area contributed by atoms with Gasteiger partial charge in [-0.3, -0.25) is 4.99 Å². The molecule has 1 rings (SSSR count). The van der Waals surface area contributed by atoms with E-state index >= 15 is 0 Å². The molecule has 0 aromatic rings. The summed E-state index contributed by atoms with van der Waals surface area (Å²) in [7, 11) is 0. The van der Waals surface area contributed by atoms with Crippen LogP contribution in [0.15, 0.2) is 4.99 Å². The Morgan fingerprint density at radius 2 is 2.58 bits per heavy atom. The van der Waals surface area contributed by atoms with Gasteiger partial charge in [0, 0.05) is 5.75 Å². The number of aliphatic imine (C=N–C) groups is 1. The lowest BCUT2D eigenvalue weighted by molar-refractivity contribution is -0.137. The zero-order valence-electron chi connectivity index (χ0n) is 6.69. The van der Waals surface area contributed by atoms with Gasteiger partial charge in [-0.05, 0) is 19.4 Å². The summed E-state index contributed by atoms with van der Waals surface area (Å²) in [6, 6.07) is -0.525. The van der Waals surface area contributed by atoms with Gasteiger partial charge >= 0.3 is 5.97 Å². The van der Waals surface area contributed by atoms with Crippen molar-refractivity contribution in [3.8, 4) is 0 Å². The quantitative estimate of drug-likeness (QED) is 0.666. The Labute approximate surface area is 75.2 Å². The van der Waals surface area contributed by atoms with E-state index < -0.39 is 12.0 Å². The van der Waals surface area contributed by atoms with Gasteiger partial charge in [-0.25, -0.2) is 4.79 Å². The van der Waals surface area contributed by atoms with E-state index in [1.807, 2.05) is 0 Å². The van der Waals surface area contributed by atoms with Crippen molar-refractivity contribution in [3.05, 3.63) is 0 Å². The van der Waals surface area contributed by atoms with Crippen molar-refractivity contribution in [2.24, 2.45) is 10.7 Å². The molecule has 1 aliphatic heterocycles. The zero-order valence-corrected chi connectivity index (χ0v) is 7.51. The van der Waals surface area contributed by atoms with Gasteiger partial charge in [0.1, 0.15) is 0 Å². The van der Waals surface area contributed by atoms with E-state index in [1.54, 1.807) is 0 Å². The molecule has 1 aliphatic rings. The fourth-order valence-electron chi connectivity index (χ4n) is 0.940. The molecule has 0 bridgehead atoms. The van der Waals surface area contributed by atoms with Crippen LogP contribution in [0.1, 0.15) is 12.8 Å². The summed E-state index contributed by atoms with van der Waals surface area (Å²) in [5.74, 6) is -0.250. The molecule has 1 atom stereocenters. The minimum Gasteiger partial charge on any atom is -0.480 e. The van der Waals surface area contributed by atoms with Gasteiger partial charge in [0.15, 0.2) is 6.04 Å². The number of hydrogen-bond acceptors (Lipinski definition) is 4. The molecule has 1 unspecified atom stereocenters. The molecular weight excluding hydrogens is 176 g/mol. The normalized spacial score (nSPS) is 22.4. The maximum atomic E-state index is 10.5. The zero-order chi connectivity index (χ0) is 8.97. The highest BCUT2D eigenvalue weighted by Crippen LogP contribution is 2.20. The fraction of sp³-hybridized carbons (Fsp3) is 0.714. The number of rotatable bonds is 4. The largest absolute Gasteiger partial charge is 0.480 e. The van der Waals surface area contributed by atoms with Crippen LogP contribution in [0.2, 0.25) is 0 Å². The van der Waals surface area contributed by atoms with E-state index in [0.717, 1.165) is 17.9 Å². The summed E-state index contributed by atoms with van der Waals surface area (Å²) in [6.45, 7) is 0.636. The monoisotopic (exact) mass is 188 g/mol. The minimum atomic E-state index is -0.828. The Hall–Kier alpha value is -0.550. The first-order chi connectivity index (χ1) is 5.74. The van der Waals surface area contributed by atoms with E-state index in [1.165, 1.54) is 11.8 Å². The van der Waals surface area contributed by atoms with Crippen LogP contribution in [0, 0.1) is 0 Å². The van der Waals surface area contributed by atoms with Crippen molar-refractivity contribution in [1.82, 2.24) is 0 Å². The molecule has 1 heterocycles. The molecule has 3 N–H and O–H groups in total. The molecule has 0 aromatic carbocycles. The molecule has 68 valence electrons. The maximum Gasteiger partial charge on any atom is 0.329 e. The van der Waals surface area contributed by atoms with Crippen LogP contribution in [0.25, 0.3) is 0 Å². The van der Waals surface area contributed by atoms with Crippen molar-refractivity contribution < 1.29 is 9.90 Å². The summed E-state index contributed by atoms with van der Waals surface area (Å²) in [5.41, 5.74) is 5.32. The maximum absolute atomic E-state index is 10.5. The Morgan fingerprint density at radius 1 is 1.83 bits per heavy atom. The third kappa shape index (κ3) is 2.49. The number of carboxylic acid groups (broad SMARTS) is 1. The second-order valence-corrected chi connectivity index (χ2v) is 3.67. The van der Waals surface area contributed by atoms with Gasteiger partial charge in [-0.15, -0.1) is 11.8 Å². The highest BCUT2D eigenvalue weighted by atomic mass is 32.2. The fourth-order valence-corrected chi connectivity index (χ4v) is 2.00. The molecule has 5 heteroatoms. The first kappa shape index (κ1) is 9.54. The number of nitrogens with two attached hydrogens (primary N) is 1. The lowest BCUT2D eigenvalue weighted by Crippen LogP contribution is -2.17. The summed E-state index contributed by atoms with van der Waals surface area (Å²) in [4.78, 5) is 14.5. The number of hydrogen-bond donors (Lipinski definition) is 2. The predicted molar refractivity (Wildman–Crippen MR) is 49.6 cm³/mol. The second kappa shape index (κ2) is 4.47. The van der Waals surface area contributed by atoms with E-state index in [0.29, 0.717) is 12.3 Å². The van der Waals surface area contributed by atoms with E-state index in [2.05, 4.69) is 4.99 Å². The number of thioether (sulfide) groups is 1. The number of carbonyl (C=O) groups is 1. The lowest BCUT2D eigenvalue weighted by Gasteiger charge is -1.95. The summed E-state index contributed by atoms with van der Waals surface area (Å²) in [5, 5.41) is 9.55. The average molecular weight is 188 g/mol.